The van der Waals surface area contributed by atoms with Crippen LogP contribution in [0, 0.1) is 0 Å². The zero-order valence-electron chi connectivity index (χ0n) is 16.2. The first-order valence-corrected chi connectivity index (χ1v) is 10.1. The second-order valence-electron chi connectivity index (χ2n) is 7.35. The molecule has 1 aliphatic heterocycles. The van der Waals surface area contributed by atoms with E-state index in [2.05, 4.69) is 22.3 Å². The van der Waals surface area contributed by atoms with Gasteiger partial charge in [0.2, 0.25) is 0 Å². The van der Waals surface area contributed by atoms with Crippen molar-refractivity contribution in [3.05, 3.63) is 70.7 Å². The van der Waals surface area contributed by atoms with Crippen LogP contribution in [0.4, 0.5) is 0 Å². The summed E-state index contributed by atoms with van der Waals surface area (Å²) >= 11 is 6.04. The Morgan fingerprint density at radius 1 is 1.07 bits per heavy atom. The van der Waals surface area contributed by atoms with Crippen molar-refractivity contribution < 1.29 is 14.9 Å². The average molecular weight is 405 g/mol. The van der Waals surface area contributed by atoms with E-state index in [1.165, 1.54) is 5.56 Å². The molecule has 4 atom stereocenters. The molecule has 1 heterocycles. The molecule has 3 N–H and O–H groups in total. The Bertz CT molecular complexity index is 731. The van der Waals surface area contributed by atoms with Crippen LogP contribution in [0.15, 0.2) is 54.6 Å². The normalized spacial score (nSPS) is 24.8. The minimum Gasteiger partial charge on any atom is -0.394 e. The molecule has 2 aromatic rings. The van der Waals surface area contributed by atoms with Crippen LogP contribution >= 0.6 is 11.6 Å². The zero-order valence-corrected chi connectivity index (χ0v) is 16.9. The molecule has 2 aromatic carbocycles. The summed E-state index contributed by atoms with van der Waals surface area (Å²) in [6.45, 7) is 1.87. The molecule has 0 aliphatic carbocycles. The van der Waals surface area contributed by atoms with Gasteiger partial charge in [-0.25, -0.2) is 0 Å². The van der Waals surface area contributed by atoms with Crippen LogP contribution in [0.3, 0.4) is 0 Å². The third kappa shape index (κ3) is 5.54. The standard InChI is InChI=1S/C22H29ClN2O3/c1-25(11-10-16-6-3-2-4-7-16)21-19(28-20(15-26)22(21)27)14-24-13-17-8-5-9-18(23)12-17/h2-9,12,19-22,24,26-27H,10-11,13-15H2,1H3/t19-,20+,21-,22-/m1/s1. The van der Waals surface area contributed by atoms with Gasteiger partial charge in [-0.1, -0.05) is 54.1 Å². The van der Waals surface area contributed by atoms with Gasteiger partial charge in [0, 0.05) is 24.7 Å². The molecule has 3 rings (SSSR count). The molecule has 1 fully saturated rings. The number of aliphatic hydroxyl groups is 2. The molecule has 6 heteroatoms. The molecule has 0 spiro atoms. The van der Waals surface area contributed by atoms with Crippen molar-refractivity contribution >= 4 is 11.6 Å². The van der Waals surface area contributed by atoms with Crippen molar-refractivity contribution in [2.24, 2.45) is 0 Å². The summed E-state index contributed by atoms with van der Waals surface area (Å²) in [6.07, 6.45) is -0.578. The zero-order chi connectivity index (χ0) is 19.9. The first-order chi connectivity index (χ1) is 13.6. The summed E-state index contributed by atoms with van der Waals surface area (Å²) in [7, 11) is 2.00. The Labute approximate surface area is 171 Å². The van der Waals surface area contributed by atoms with Crippen molar-refractivity contribution in [2.75, 3.05) is 26.7 Å². The highest BCUT2D eigenvalue weighted by Crippen LogP contribution is 2.25. The van der Waals surface area contributed by atoms with Gasteiger partial charge < -0.3 is 20.3 Å². The van der Waals surface area contributed by atoms with Crippen molar-refractivity contribution in [3.63, 3.8) is 0 Å². The molecule has 0 unspecified atom stereocenters. The molecule has 28 heavy (non-hydrogen) atoms. The second kappa shape index (κ2) is 10.3. The van der Waals surface area contributed by atoms with Gasteiger partial charge in [0.25, 0.3) is 0 Å². The predicted molar refractivity (Wildman–Crippen MR) is 111 cm³/mol. The van der Waals surface area contributed by atoms with Gasteiger partial charge >= 0.3 is 0 Å². The Balaban J connectivity index is 1.57. The number of hydrogen-bond acceptors (Lipinski definition) is 5. The first kappa shape index (κ1) is 21.2. The molecule has 152 valence electrons. The van der Waals surface area contributed by atoms with E-state index < -0.39 is 12.2 Å². The number of aliphatic hydroxyl groups excluding tert-OH is 2. The van der Waals surface area contributed by atoms with Gasteiger partial charge in [0.1, 0.15) is 12.2 Å². The van der Waals surface area contributed by atoms with Gasteiger partial charge in [-0.2, -0.15) is 0 Å². The van der Waals surface area contributed by atoms with Crippen LogP contribution in [0.1, 0.15) is 11.1 Å². The molecule has 0 amide bonds. The molecule has 5 nitrogen and oxygen atoms in total. The number of benzene rings is 2. The van der Waals surface area contributed by atoms with Gasteiger partial charge in [0.15, 0.2) is 0 Å². The maximum absolute atomic E-state index is 10.7. The molecular formula is C22H29ClN2O3. The van der Waals surface area contributed by atoms with E-state index in [1.54, 1.807) is 0 Å². The van der Waals surface area contributed by atoms with E-state index >= 15 is 0 Å². The fourth-order valence-electron chi connectivity index (χ4n) is 3.79. The molecule has 1 saturated heterocycles. The SMILES string of the molecule is CN(CCc1ccccc1)[C@H]1[C@H](O)[C@H](CO)O[C@@H]1CNCc1cccc(Cl)c1. The fourth-order valence-corrected chi connectivity index (χ4v) is 4.01. The lowest BCUT2D eigenvalue weighted by atomic mass is 10.0. The number of rotatable bonds is 9. The molecule has 1 aliphatic rings. The molecule has 0 saturated carbocycles. The van der Waals surface area contributed by atoms with Gasteiger partial charge in [0.05, 0.1) is 18.8 Å². The molecule has 0 bridgehead atoms. The van der Waals surface area contributed by atoms with Crippen LogP contribution in [0.2, 0.25) is 5.02 Å². The Hall–Kier alpha value is -1.47. The van der Waals surface area contributed by atoms with Gasteiger partial charge in [-0.15, -0.1) is 0 Å². The number of likely N-dealkylation sites (N-methyl/N-ethyl adjacent to an activating group) is 1. The largest absolute Gasteiger partial charge is 0.394 e. The summed E-state index contributed by atoms with van der Waals surface area (Å²) in [5.41, 5.74) is 2.36. The van der Waals surface area contributed by atoms with E-state index in [-0.39, 0.29) is 18.8 Å². The molecular weight excluding hydrogens is 376 g/mol. The lowest BCUT2D eigenvalue weighted by molar-refractivity contribution is -0.0213. The lowest BCUT2D eigenvalue weighted by Gasteiger charge is -2.30. The average Bonchev–Trinajstić information content (AvgIpc) is 3.02. The third-order valence-electron chi connectivity index (χ3n) is 5.31. The summed E-state index contributed by atoms with van der Waals surface area (Å²) in [4.78, 5) is 2.14. The van der Waals surface area contributed by atoms with E-state index in [0.717, 1.165) is 18.5 Å². The topological polar surface area (TPSA) is 65.0 Å². The van der Waals surface area contributed by atoms with Crippen molar-refractivity contribution in [2.45, 2.75) is 37.3 Å². The summed E-state index contributed by atoms with van der Waals surface area (Å²) in [5, 5.41) is 24.3. The van der Waals surface area contributed by atoms with Crippen LogP contribution in [-0.4, -0.2) is 66.2 Å². The van der Waals surface area contributed by atoms with E-state index in [0.29, 0.717) is 18.1 Å². The highest BCUT2D eigenvalue weighted by Gasteiger charge is 2.44. The van der Waals surface area contributed by atoms with Crippen LogP contribution in [0.5, 0.6) is 0 Å². The number of hydrogen-bond donors (Lipinski definition) is 3. The first-order valence-electron chi connectivity index (χ1n) is 9.72. The van der Waals surface area contributed by atoms with Crippen LogP contribution < -0.4 is 5.32 Å². The van der Waals surface area contributed by atoms with Crippen molar-refractivity contribution in [1.82, 2.24) is 10.2 Å². The maximum Gasteiger partial charge on any atom is 0.109 e. The van der Waals surface area contributed by atoms with Crippen LogP contribution in [-0.2, 0) is 17.7 Å². The smallest absolute Gasteiger partial charge is 0.109 e. The van der Waals surface area contributed by atoms with Crippen molar-refractivity contribution in [3.8, 4) is 0 Å². The quantitative estimate of drug-likeness (QED) is 0.597. The lowest BCUT2D eigenvalue weighted by Crippen LogP contribution is -2.49. The molecule has 0 aromatic heterocycles. The van der Waals surface area contributed by atoms with Crippen LogP contribution in [0.25, 0.3) is 0 Å². The summed E-state index contributed by atoms with van der Waals surface area (Å²) in [5.74, 6) is 0. The Morgan fingerprint density at radius 3 is 2.54 bits per heavy atom. The predicted octanol–water partition coefficient (Wildman–Crippen LogP) is 2.09. The highest BCUT2D eigenvalue weighted by atomic mass is 35.5. The third-order valence-corrected chi connectivity index (χ3v) is 5.55. The number of nitrogens with one attached hydrogen (secondary N) is 1. The monoisotopic (exact) mass is 404 g/mol. The maximum atomic E-state index is 10.7. The number of halogens is 1. The minimum atomic E-state index is -0.719. The number of nitrogens with zero attached hydrogens (tertiary/aromatic N) is 1. The Morgan fingerprint density at radius 2 is 1.82 bits per heavy atom. The fraction of sp³-hybridized carbons (Fsp3) is 0.455. The number of ether oxygens (including phenoxy) is 1. The van der Waals surface area contributed by atoms with Gasteiger partial charge in [-0.3, -0.25) is 4.90 Å². The van der Waals surface area contributed by atoms with E-state index in [9.17, 15) is 10.2 Å². The highest BCUT2D eigenvalue weighted by molar-refractivity contribution is 6.30. The van der Waals surface area contributed by atoms with E-state index in [4.69, 9.17) is 16.3 Å². The summed E-state index contributed by atoms with van der Waals surface area (Å²) < 4.78 is 5.94. The second-order valence-corrected chi connectivity index (χ2v) is 7.79. The molecule has 0 radical (unpaired) electrons. The van der Waals surface area contributed by atoms with E-state index in [1.807, 2.05) is 49.5 Å². The minimum absolute atomic E-state index is 0.173. The summed E-state index contributed by atoms with van der Waals surface area (Å²) in [6, 6.07) is 17.8. The van der Waals surface area contributed by atoms with Gasteiger partial charge in [-0.05, 0) is 36.7 Å². The van der Waals surface area contributed by atoms with Crippen molar-refractivity contribution in [1.29, 1.82) is 0 Å². The Kier molecular flexibility index (Phi) is 7.85.